The van der Waals surface area contributed by atoms with Crippen molar-refractivity contribution in [2.45, 2.75) is 18.3 Å². The first-order chi connectivity index (χ1) is 4.74. The highest BCUT2D eigenvalue weighted by molar-refractivity contribution is 14.1. The number of aryl methyl sites for hydroxylation is 2. The van der Waals surface area contributed by atoms with E-state index in [0.29, 0.717) is 0 Å². The van der Waals surface area contributed by atoms with Crippen LogP contribution in [0.4, 0.5) is 0 Å². The average Bonchev–Trinajstić information content (AvgIpc) is 1.95. The summed E-state index contributed by atoms with van der Waals surface area (Å²) in [4.78, 5) is 0. The van der Waals surface area contributed by atoms with Crippen LogP contribution in [0, 0.1) is 13.8 Å². The lowest BCUT2D eigenvalue weighted by molar-refractivity contribution is 1.30. The van der Waals surface area contributed by atoms with Crippen molar-refractivity contribution in [1.29, 1.82) is 0 Å². The van der Waals surface area contributed by atoms with Crippen LogP contribution in [0.3, 0.4) is 0 Å². The van der Waals surface area contributed by atoms with Gasteiger partial charge in [0.2, 0.25) is 0 Å². The Morgan fingerprint density at radius 1 is 1.20 bits per heavy atom. The fourth-order valence-electron chi connectivity index (χ4n) is 0.887. The average molecular weight is 246 g/mol. The lowest BCUT2D eigenvalue weighted by Gasteiger charge is -2.00. The van der Waals surface area contributed by atoms with E-state index in [9.17, 15) is 0 Å². The standard InChI is InChI=1S/C9H11I/c1-7-3-4-9(6-10)5-8(7)2/h3-5H,6H2,1-2H3. The Hall–Kier alpha value is -0.0500. The largest absolute Gasteiger partial charge is 0.0812 e. The Labute approximate surface area is 75.8 Å². The Bertz CT molecular complexity index is 228. The molecule has 54 valence electrons. The third kappa shape index (κ3) is 1.72. The van der Waals surface area contributed by atoms with Crippen LogP contribution in [0.25, 0.3) is 0 Å². The molecule has 0 atom stereocenters. The zero-order valence-electron chi connectivity index (χ0n) is 6.32. The normalized spacial score (nSPS) is 9.90. The minimum atomic E-state index is 1.11. The Morgan fingerprint density at radius 3 is 2.40 bits per heavy atom. The predicted molar refractivity (Wildman–Crippen MR) is 53.6 cm³/mol. The molecule has 1 aromatic rings. The molecule has 0 radical (unpaired) electrons. The van der Waals surface area contributed by atoms with Crippen molar-refractivity contribution in [1.82, 2.24) is 0 Å². The van der Waals surface area contributed by atoms with Crippen molar-refractivity contribution < 1.29 is 0 Å². The van der Waals surface area contributed by atoms with E-state index in [1.165, 1.54) is 16.7 Å². The summed E-state index contributed by atoms with van der Waals surface area (Å²) in [5, 5.41) is 0. The quantitative estimate of drug-likeness (QED) is 0.527. The molecular formula is C9H11I. The molecule has 0 N–H and O–H groups in total. The molecule has 0 fully saturated rings. The van der Waals surface area contributed by atoms with Gasteiger partial charge in [-0.25, -0.2) is 0 Å². The van der Waals surface area contributed by atoms with Crippen molar-refractivity contribution in [3.8, 4) is 0 Å². The molecule has 0 saturated carbocycles. The summed E-state index contributed by atoms with van der Waals surface area (Å²) in [6.07, 6.45) is 0. The molecule has 0 amide bonds. The number of rotatable bonds is 1. The molecule has 1 aromatic carbocycles. The maximum atomic E-state index is 2.38. The lowest BCUT2D eigenvalue weighted by atomic mass is 10.1. The van der Waals surface area contributed by atoms with E-state index in [4.69, 9.17) is 0 Å². The summed E-state index contributed by atoms with van der Waals surface area (Å²) in [7, 11) is 0. The summed E-state index contributed by atoms with van der Waals surface area (Å²) in [6, 6.07) is 6.62. The van der Waals surface area contributed by atoms with Crippen LogP contribution in [0.1, 0.15) is 16.7 Å². The van der Waals surface area contributed by atoms with Gasteiger partial charge < -0.3 is 0 Å². The minimum absolute atomic E-state index is 1.11. The van der Waals surface area contributed by atoms with Crippen LogP contribution in [0.5, 0.6) is 0 Å². The number of alkyl halides is 1. The van der Waals surface area contributed by atoms with Crippen LogP contribution < -0.4 is 0 Å². The molecule has 0 aliphatic rings. The van der Waals surface area contributed by atoms with E-state index in [1.807, 2.05) is 0 Å². The van der Waals surface area contributed by atoms with Crippen LogP contribution >= 0.6 is 22.6 Å². The Kier molecular flexibility index (Phi) is 2.72. The molecule has 10 heavy (non-hydrogen) atoms. The van der Waals surface area contributed by atoms with Crippen LogP contribution in [0.2, 0.25) is 0 Å². The second-order valence-electron chi connectivity index (χ2n) is 2.55. The second kappa shape index (κ2) is 3.37. The Morgan fingerprint density at radius 2 is 1.90 bits per heavy atom. The van der Waals surface area contributed by atoms with E-state index in [0.717, 1.165) is 4.43 Å². The SMILES string of the molecule is Cc1ccc(CI)cc1C. The summed E-state index contributed by atoms with van der Waals surface area (Å²) in [6.45, 7) is 4.30. The monoisotopic (exact) mass is 246 g/mol. The molecule has 0 aliphatic heterocycles. The molecule has 0 bridgehead atoms. The molecule has 0 saturated heterocycles. The topological polar surface area (TPSA) is 0 Å². The zero-order chi connectivity index (χ0) is 7.56. The minimum Gasteiger partial charge on any atom is -0.0812 e. The smallest absolute Gasteiger partial charge is 0.0247 e. The van der Waals surface area contributed by atoms with Gasteiger partial charge in [0.1, 0.15) is 0 Å². The van der Waals surface area contributed by atoms with Gasteiger partial charge in [0.05, 0.1) is 0 Å². The van der Waals surface area contributed by atoms with Gasteiger partial charge in [0.25, 0.3) is 0 Å². The highest BCUT2D eigenvalue weighted by Crippen LogP contribution is 2.11. The van der Waals surface area contributed by atoms with Crippen LogP contribution in [-0.4, -0.2) is 0 Å². The molecule has 0 heterocycles. The first-order valence-electron chi connectivity index (χ1n) is 3.36. The van der Waals surface area contributed by atoms with Gasteiger partial charge in [-0.2, -0.15) is 0 Å². The number of hydrogen-bond acceptors (Lipinski definition) is 0. The first-order valence-corrected chi connectivity index (χ1v) is 4.88. The third-order valence-electron chi connectivity index (χ3n) is 1.73. The van der Waals surface area contributed by atoms with Gasteiger partial charge in [-0.05, 0) is 30.5 Å². The van der Waals surface area contributed by atoms with Crippen molar-refractivity contribution in [3.05, 3.63) is 34.9 Å². The van der Waals surface area contributed by atoms with Crippen LogP contribution in [0.15, 0.2) is 18.2 Å². The summed E-state index contributed by atoms with van der Waals surface area (Å²) in [5.41, 5.74) is 4.20. The maximum absolute atomic E-state index is 2.38. The first kappa shape index (κ1) is 8.05. The van der Waals surface area contributed by atoms with Gasteiger partial charge in [-0.15, -0.1) is 0 Å². The lowest BCUT2D eigenvalue weighted by Crippen LogP contribution is -1.82. The summed E-state index contributed by atoms with van der Waals surface area (Å²) < 4.78 is 1.11. The van der Waals surface area contributed by atoms with Crippen molar-refractivity contribution in [2.75, 3.05) is 0 Å². The van der Waals surface area contributed by atoms with Crippen molar-refractivity contribution in [3.63, 3.8) is 0 Å². The number of hydrogen-bond donors (Lipinski definition) is 0. The molecule has 0 unspecified atom stereocenters. The maximum Gasteiger partial charge on any atom is 0.0247 e. The molecule has 1 heteroatoms. The van der Waals surface area contributed by atoms with Gasteiger partial charge in [-0.3, -0.25) is 0 Å². The number of benzene rings is 1. The van der Waals surface area contributed by atoms with Crippen molar-refractivity contribution >= 4 is 22.6 Å². The third-order valence-corrected chi connectivity index (χ3v) is 2.61. The second-order valence-corrected chi connectivity index (χ2v) is 3.32. The fraction of sp³-hybridized carbons (Fsp3) is 0.333. The highest BCUT2D eigenvalue weighted by Gasteiger charge is 1.92. The van der Waals surface area contributed by atoms with E-state index >= 15 is 0 Å². The van der Waals surface area contributed by atoms with Gasteiger partial charge >= 0.3 is 0 Å². The molecule has 0 aliphatic carbocycles. The van der Waals surface area contributed by atoms with E-state index in [1.54, 1.807) is 0 Å². The van der Waals surface area contributed by atoms with E-state index < -0.39 is 0 Å². The molecule has 0 aromatic heterocycles. The molecule has 1 rings (SSSR count). The summed E-state index contributed by atoms with van der Waals surface area (Å²) in [5.74, 6) is 0. The van der Waals surface area contributed by atoms with E-state index in [2.05, 4.69) is 54.6 Å². The highest BCUT2D eigenvalue weighted by atomic mass is 127. The molecular weight excluding hydrogens is 235 g/mol. The molecule has 0 nitrogen and oxygen atoms in total. The van der Waals surface area contributed by atoms with Crippen LogP contribution in [-0.2, 0) is 4.43 Å². The van der Waals surface area contributed by atoms with E-state index in [-0.39, 0.29) is 0 Å². The van der Waals surface area contributed by atoms with Gasteiger partial charge in [0.15, 0.2) is 0 Å². The summed E-state index contributed by atoms with van der Waals surface area (Å²) >= 11 is 2.38. The Balaban J connectivity index is 3.04. The van der Waals surface area contributed by atoms with Gasteiger partial charge in [0, 0.05) is 4.43 Å². The zero-order valence-corrected chi connectivity index (χ0v) is 8.47. The fourth-order valence-corrected chi connectivity index (χ4v) is 1.36. The van der Waals surface area contributed by atoms with Crippen molar-refractivity contribution in [2.24, 2.45) is 0 Å². The molecule has 0 spiro atoms. The predicted octanol–water partition coefficient (Wildman–Crippen LogP) is 3.24. The number of halogens is 1. The van der Waals surface area contributed by atoms with Gasteiger partial charge in [-0.1, -0.05) is 40.8 Å².